The van der Waals surface area contributed by atoms with E-state index in [0.29, 0.717) is 17.5 Å². The number of hydrogen-bond donors (Lipinski definition) is 3. The fourth-order valence-corrected chi connectivity index (χ4v) is 2.21. The molecule has 0 fully saturated rings. The number of para-hydroxylation sites is 1. The monoisotopic (exact) mass is 270 g/mol. The molecule has 2 heterocycles. The molecule has 0 saturated carbocycles. The first-order chi connectivity index (χ1) is 9.58. The lowest BCUT2D eigenvalue weighted by Crippen LogP contribution is -2.21. The average molecular weight is 270 g/mol. The van der Waals surface area contributed by atoms with Crippen LogP contribution in [-0.2, 0) is 13.5 Å². The van der Waals surface area contributed by atoms with Crippen LogP contribution in [0.5, 0.6) is 5.75 Å². The summed E-state index contributed by atoms with van der Waals surface area (Å²) >= 11 is 0. The molecule has 6 nitrogen and oxygen atoms in total. The highest BCUT2D eigenvalue weighted by atomic mass is 16.3. The molecule has 3 rings (SSSR count). The Bertz CT molecular complexity index is 848. The van der Waals surface area contributed by atoms with Gasteiger partial charge in [0.15, 0.2) is 0 Å². The van der Waals surface area contributed by atoms with Crippen molar-refractivity contribution in [1.82, 2.24) is 14.5 Å². The van der Waals surface area contributed by atoms with Crippen LogP contribution in [-0.4, -0.2) is 19.6 Å². The lowest BCUT2D eigenvalue weighted by molar-refractivity contribution is 0.469. The Morgan fingerprint density at radius 3 is 2.85 bits per heavy atom. The van der Waals surface area contributed by atoms with Gasteiger partial charge in [0, 0.05) is 25.2 Å². The number of hydrogen-bond acceptors (Lipinski definition) is 4. The Morgan fingerprint density at radius 1 is 1.35 bits per heavy atom. The van der Waals surface area contributed by atoms with Crippen molar-refractivity contribution < 1.29 is 5.11 Å². The smallest absolute Gasteiger partial charge is 0.278 e. The van der Waals surface area contributed by atoms with Crippen molar-refractivity contribution in [2.45, 2.75) is 6.42 Å². The van der Waals surface area contributed by atoms with Crippen LogP contribution in [0, 0.1) is 0 Å². The van der Waals surface area contributed by atoms with Gasteiger partial charge in [0.25, 0.3) is 5.56 Å². The summed E-state index contributed by atoms with van der Waals surface area (Å²) in [4.78, 5) is 19.2. The molecule has 102 valence electrons. The average Bonchev–Trinajstić information content (AvgIpc) is 2.82. The minimum Gasteiger partial charge on any atom is -0.508 e. The second kappa shape index (κ2) is 4.41. The van der Waals surface area contributed by atoms with Gasteiger partial charge in [-0.2, -0.15) is 0 Å². The largest absolute Gasteiger partial charge is 0.508 e. The minimum absolute atomic E-state index is 0.167. The molecule has 0 radical (unpaired) electrons. The summed E-state index contributed by atoms with van der Waals surface area (Å²) in [6.45, 7) is 0. The van der Waals surface area contributed by atoms with Crippen LogP contribution in [0.3, 0.4) is 0 Å². The Labute approximate surface area is 114 Å². The topological polar surface area (TPSA) is 96.9 Å². The van der Waals surface area contributed by atoms with Crippen LogP contribution in [0.25, 0.3) is 11.0 Å². The number of H-pyrrole nitrogens is 1. The van der Waals surface area contributed by atoms with Crippen molar-refractivity contribution in [2.24, 2.45) is 7.05 Å². The van der Waals surface area contributed by atoms with Crippen molar-refractivity contribution in [2.75, 3.05) is 5.73 Å². The molecular formula is C14H14N4O2. The zero-order chi connectivity index (χ0) is 14.3. The van der Waals surface area contributed by atoms with Gasteiger partial charge in [-0.25, -0.2) is 4.98 Å². The number of rotatable bonds is 2. The molecule has 0 bridgehead atoms. The predicted molar refractivity (Wildman–Crippen MR) is 76.7 cm³/mol. The standard InChI is InChI=1S/C14H14N4O2/c1-18-13(20)12-11(17-14(18)15)9(7-16-12)6-8-4-2-3-5-10(8)19/h2-5,7,16,19H,6H2,1H3,(H2,15,17). The SMILES string of the molecule is Cn1c(N)nc2c(Cc3ccccc3O)c[nH]c2c1=O. The van der Waals surface area contributed by atoms with Gasteiger partial charge in [-0.15, -0.1) is 0 Å². The van der Waals surface area contributed by atoms with Gasteiger partial charge in [0.05, 0.1) is 0 Å². The third kappa shape index (κ3) is 1.82. The number of fused-ring (bicyclic) bond motifs is 1. The maximum Gasteiger partial charge on any atom is 0.278 e. The summed E-state index contributed by atoms with van der Waals surface area (Å²) in [5.41, 5.74) is 8.09. The van der Waals surface area contributed by atoms with Crippen molar-refractivity contribution in [3.8, 4) is 5.75 Å². The number of anilines is 1. The maximum atomic E-state index is 12.0. The number of nitrogens with one attached hydrogen (secondary N) is 1. The third-order valence-electron chi connectivity index (χ3n) is 3.39. The molecule has 0 aliphatic carbocycles. The summed E-state index contributed by atoms with van der Waals surface area (Å²) in [5.74, 6) is 0.388. The van der Waals surface area contributed by atoms with Gasteiger partial charge in [0.1, 0.15) is 16.8 Å². The van der Waals surface area contributed by atoms with Crippen LogP contribution < -0.4 is 11.3 Å². The number of nitrogens with zero attached hydrogens (tertiary/aromatic N) is 2. The van der Waals surface area contributed by atoms with E-state index < -0.39 is 0 Å². The molecule has 6 heteroatoms. The van der Waals surface area contributed by atoms with Crippen LogP contribution >= 0.6 is 0 Å². The summed E-state index contributed by atoms with van der Waals surface area (Å²) < 4.78 is 1.29. The van der Waals surface area contributed by atoms with Crippen molar-refractivity contribution >= 4 is 17.0 Å². The first kappa shape index (κ1) is 12.3. The minimum atomic E-state index is -0.212. The summed E-state index contributed by atoms with van der Waals surface area (Å²) in [6.07, 6.45) is 2.21. The molecule has 0 amide bonds. The van der Waals surface area contributed by atoms with Gasteiger partial charge in [0.2, 0.25) is 5.95 Å². The van der Waals surface area contributed by atoms with E-state index in [-0.39, 0.29) is 17.3 Å². The Hall–Kier alpha value is -2.76. The lowest BCUT2D eigenvalue weighted by atomic mass is 10.1. The maximum absolute atomic E-state index is 12.0. The van der Waals surface area contributed by atoms with Gasteiger partial charge in [-0.05, 0) is 11.6 Å². The van der Waals surface area contributed by atoms with Crippen molar-refractivity contribution in [1.29, 1.82) is 0 Å². The Morgan fingerprint density at radius 2 is 2.10 bits per heavy atom. The predicted octanol–water partition coefficient (Wildman–Crippen LogP) is 1.14. The molecule has 0 unspecified atom stereocenters. The number of benzene rings is 1. The van der Waals surface area contributed by atoms with Crippen molar-refractivity contribution in [3.63, 3.8) is 0 Å². The molecule has 2 aromatic heterocycles. The molecule has 0 spiro atoms. The molecule has 0 aliphatic rings. The highest BCUT2D eigenvalue weighted by Gasteiger charge is 2.13. The van der Waals surface area contributed by atoms with E-state index in [4.69, 9.17) is 5.73 Å². The van der Waals surface area contributed by atoms with E-state index in [1.165, 1.54) is 4.57 Å². The van der Waals surface area contributed by atoms with E-state index in [2.05, 4.69) is 9.97 Å². The molecule has 20 heavy (non-hydrogen) atoms. The molecule has 3 aromatic rings. The number of nitrogens with two attached hydrogens (primary N) is 1. The second-order valence-corrected chi connectivity index (χ2v) is 4.68. The molecule has 4 N–H and O–H groups in total. The number of phenolic OH excluding ortho intramolecular Hbond substituents is 1. The number of aromatic amines is 1. The second-order valence-electron chi connectivity index (χ2n) is 4.68. The fourth-order valence-electron chi connectivity index (χ4n) is 2.21. The molecule has 0 aliphatic heterocycles. The lowest BCUT2D eigenvalue weighted by Gasteiger charge is -2.04. The van der Waals surface area contributed by atoms with E-state index >= 15 is 0 Å². The van der Waals surface area contributed by atoms with E-state index in [1.54, 1.807) is 25.4 Å². The number of nitrogen functional groups attached to an aromatic ring is 1. The first-order valence-electron chi connectivity index (χ1n) is 6.17. The molecule has 0 saturated heterocycles. The Balaban J connectivity index is 2.15. The van der Waals surface area contributed by atoms with E-state index in [1.807, 2.05) is 12.1 Å². The summed E-state index contributed by atoms with van der Waals surface area (Å²) in [6, 6.07) is 7.08. The molecular weight excluding hydrogens is 256 g/mol. The highest BCUT2D eigenvalue weighted by Crippen LogP contribution is 2.23. The third-order valence-corrected chi connectivity index (χ3v) is 3.39. The quantitative estimate of drug-likeness (QED) is 0.650. The number of aromatic hydroxyl groups is 1. The van der Waals surface area contributed by atoms with E-state index in [9.17, 15) is 9.90 Å². The van der Waals surface area contributed by atoms with Gasteiger partial charge < -0.3 is 15.8 Å². The number of aromatic nitrogens is 3. The summed E-state index contributed by atoms with van der Waals surface area (Å²) in [5, 5.41) is 9.81. The van der Waals surface area contributed by atoms with Gasteiger partial charge in [-0.1, -0.05) is 18.2 Å². The zero-order valence-corrected chi connectivity index (χ0v) is 10.9. The zero-order valence-electron chi connectivity index (χ0n) is 10.9. The van der Waals surface area contributed by atoms with Crippen LogP contribution in [0.1, 0.15) is 11.1 Å². The molecule has 0 atom stereocenters. The highest BCUT2D eigenvalue weighted by molar-refractivity contribution is 5.79. The normalized spacial score (nSPS) is 11.1. The van der Waals surface area contributed by atoms with Crippen LogP contribution in [0.2, 0.25) is 0 Å². The van der Waals surface area contributed by atoms with Crippen molar-refractivity contribution in [3.05, 3.63) is 51.9 Å². The van der Waals surface area contributed by atoms with E-state index in [0.717, 1.165) is 11.1 Å². The van der Waals surface area contributed by atoms with Gasteiger partial charge in [-0.3, -0.25) is 9.36 Å². The number of phenols is 1. The van der Waals surface area contributed by atoms with Gasteiger partial charge >= 0.3 is 0 Å². The van der Waals surface area contributed by atoms with Crippen LogP contribution in [0.15, 0.2) is 35.3 Å². The first-order valence-corrected chi connectivity index (χ1v) is 6.17. The van der Waals surface area contributed by atoms with Crippen LogP contribution in [0.4, 0.5) is 5.95 Å². The summed E-state index contributed by atoms with van der Waals surface area (Å²) in [7, 11) is 1.58. The Kier molecular flexibility index (Phi) is 2.71. The molecule has 1 aromatic carbocycles. The fraction of sp³-hybridized carbons (Fsp3) is 0.143.